The number of nitrogens with one attached hydrogen (secondary N) is 12. The second-order valence-corrected chi connectivity index (χ2v) is 32.1. The molecule has 12 atom stereocenters. The van der Waals surface area contributed by atoms with Gasteiger partial charge in [0.25, 0.3) is 0 Å². The third-order valence-corrected chi connectivity index (χ3v) is 22.5. The monoisotopic (exact) mass is 1460 g/mol. The molecule has 0 spiro atoms. The molecule has 0 saturated carbocycles. The zero-order valence-electron chi connectivity index (χ0n) is 57.3. The number of carbonyl (C=O) groups excluding carboxylic acids is 12. The van der Waals surface area contributed by atoms with Gasteiger partial charge in [0.2, 0.25) is 70.9 Å². The summed E-state index contributed by atoms with van der Waals surface area (Å²) in [6.07, 6.45) is 1.24. The average molecular weight is 1460 g/mol. The number of primary amides is 1. The zero-order chi connectivity index (χ0) is 72.7. The van der Waals surface area contributed by atoms with Gasteiger partial charge in [0, 0.05) is 78.2 Å². The maximum absolute atomic E-state index is 14.8. The van der Waals surface area contributed by atoms with Crippen LogP contribution in [0.4, 0.5) is 0 Å². The molecule has 97 heavy (non-hydrogen) atoms. The van der Waals surface area contributed by atoms with Crippen molar-refractivity contribution in [3.63, 3.8) is 0 Å². The lowest BCUT2D eigenvalue weighted by molar-refractivity contribution is -0.143. The fourth-order valence-electron chi connectivity index (χ4n) is 10.1. The summed E-state index contributed by atoms with van der Waals surface area (Å²) in [5, 5.41) is 49.5. The van der Waals surface area contributed by atoms with Gasteiger partial charge in [-0.3, -0.25) is 62.3 Å². The fraction of sp³-hybridized carbons (Fsp3) is 0.783. The van der Waals surface area contributed by atoms with E-state index in [4.69, 9.17) is 5.73 Å². The van der Waals surface area contributed by atoms with E-state index in [2.05, 4.69) is 74.2 Å². The first kappa shape index (κ1) is 85.2. The summed E-state index contributed by atoms with van der Waals surface area (Å²) >= 11 is 1.13. The molecule has 3 rings (SSSR count). The molecule has 3 heterocycles. The van der Waals surface area contributed by atoms with Gasteiger partial charge in [0.15, 0.2) is 0 Å². The predicted molar refractivity (Wildman–Crippen MR) is 376 cm³/mol. The van der Waals surface area contributed by atoms with Crippen LogP contribution in [0.3, 0.4) is 0 Å². The largest absolute Gasteiger partial charge is 0.481 e. The SMILES string of the molecule is CSC[C@@H]1NC(=O)[C@H](CC(C)C)NC(=O)[C@H](CCC(=O)O)NC(=O)[C@@H]2CSSC[C@@H](C)NC(=O)[C@H](C)NC(=O)[C@@H]3CCCN3C(=O)[C@H](CC(N)=O)NC(=O)[C@H](CSSC[C@H](NC(=O)CCC(=O)NCCC(CCNC(C)(C)C(C)N=O)CCNC(C)(C)C(C)N=O)C(=O)N2)NC1=O. The number of thioether (sulfide) groups is 1. The van der Waals surface area contributed by atoms with Crippen molar-refractivity contribution in [1.29, 1.82) is 0 Å². The molecule has 37 heteroatoms. The highest BCUT2D eigenvalue weighted by atomic mass is 33.1. The van der Waals surface area contributed by atoms with Gasteiger partial charge in [0.05, 0.1) is 6.42 Å². The van der Waals surface area contributed by atoms with E-state index in [-0.39, 0.29) is 73.0 Å². The highest BCUT2D eigenvalue weighted by Crippen LogP contribution is 2.27. The van der Waals surface area contributed by atoms with Gasteiger partial charge in [-0.1, -0.05) is 67.4 Å². The van der Waals surface area contributed by atoms with E-state index in [1.54, 1.807) is 40.9 Å². The number of rotatable bonds is 28. The van der Waals surface area contributed by atoms with Crippen molar-refractivity contribution in [3.8, 4) is 0 Å². The Hall–Kier alpha value is -6.02. The van der Waals surface area contributed by atoms with Gasteiger partial charge in [0.1, 0.15) is 66.5 Å². The number of hydrogen-bond donors (Lipinski definition) is 14. The molecule has 3 fully saturated rings. The summed E-state index contributed by atoms with van der Waals surface area (Å²) in [7, 11) is 4.08. The summed E-state index contributed by atoms with van der Waals surface area (Å²) in [6, 6.07) is -14.7. The smallest absolute Gasteiger partial charge is 0.303 e. The minimum atomic E-state index is -1.69. The number of nitrogens with two attached hydrogens (primary N) is 1. The maximum atomic E-state index is 14.8. The molecule has 0 radical (unpaired) electrons. The van der Waals surface area contributed by atoms with E-state index in [1.165, 1.54) is 22.6 Å². The molecular weight excluding hydrogens is 1360 g/mol. The molecule has 0 aliphatic carbocycles. The molecular formula is C60H102N16O16S5. The first-order valence-corrected chi connectivity index (χ1v) is 38.9. The van der Waals surface area contributed by atoms with Crippen LogP contribution in [0.15, 0.2) is 10.4 Å². The summed E-state index contributed by atoms with van der Waals surface area (Å²) < 4.78 is 0. The van der Waals surface area contributed by atoms with E-state index in [9.17, 15) is 77.2 Å². The lowest BCUT2D eigenvalue weighted by atomic mass is 9.92. The van der Waals surface area contributed by atoms with Crippen LogP contribution in [0.25, 0.3) is 0 Å². The fourth-order valence-corrected chi connectivity index (χ4v) is 15.5. The van der Waals surface area contributed by atoms with Gasteiger partial charge >= 0.3 is 5.97 Å². The van der Waals surface area contributed by atoms with Crippen molar-refractivity contribution < 1.29 is 67.4 Å². The summed E-state index contributed by atoms with van der Waals surface area (Å²) in [5.41, 5.74) is 4.45. The minimum Gasteiger partial charge on any atom is -0.481 e. The molecule has 0 aromatic heterocycles. The van der Waals surface area contributed by atoms with Gasteiger partial charge < -0.3 is 79.5 Å². The average Bonchev–Trinajstić information content (AvgIpc) is 1.78. The summed E-state index contributed by atoms with van der Waals surface area (Å²) in [4.78, 5) is 205. The van der Waals surface area contributed by atoms with E-state index >= 15 is 0 Å². The molecule has 0 aromatic rings. The molecule has 3 aliphatic heterocycles. The van der Waals surface area contributed by atoms with Gasteiger partial charge in [-0.2, -0.15) is 21.6 Å². The first-order valence-electron chi connectivity index (χ1n) is 32.6. The predicted octanol–water partition coefficient (Wildman–Crippen LogP) is 0.0488. The lowest BCUT2D eigenvalue weighted by Crippen LogP contribution is -2.61. The van der Waals surface area contributed by atoms with Crippen molar-refractivity contribution in [2.75, 3.05) is 61.2 Å². The third-order valence-electron chi connectivity index (χ3n) is 16.8. The Kier molecular flexibility index (Phi) is 37.6. The third kappa shape index (κ3) is 30.6. The minimum absolute atomic E-state index is 0.0169. The van der Waals surface area contributed by atoms with Crippen LogP contribution >= 0.6 is 54.9 Å². The summed E-state index contributed by atoms with van der Waals surface area (Å²) in [5.74, 6) is -12.6. The molecule has 32 nitrogen and oxygen atoms in total. The molecule has 3 aliphatic rings. The van der Waals surface area contributed by atoms with E-state index in [0.29, 0.717) is 38.8 Å². The van der Waals surface area contributed by atoms with Crippen molar-refractivity contribution in [1.82, 2.24) is 68.7 Å². The second kappa shape index (κ2) is 42.8. The number of carboxylic acid groups (broad SMARTS) is 1. The molecule has 0 aromatic carbocycles. The Balaban J connectivity index is 2.13. The number of aliphatic carboxylic acids is 1. The second-order valence-electron chi connectivity index (χ2n) is 26.1. The normalized spacial score (nSPS) is 25.6. The van der Waals surface area contributed by atoms with Gasteiger partial charge in [-0.25, -0.2) is 0 Å². The Bertz CT molecular complexity index is 2710. The van der Waals surface area contributed by atoms with E-state index < -0.39 is 186 Å². The quantitative estimate of drug-likeness (QED) is 0.0363. The topological polar surface area (TPSA) is 475 Å². The zero-order valence-corrected chi connectivity index (χ0v) is 61.3. The number of carboxylic acids is 1. The van der Waals surface area contributed by atoms with Crippen LogP contribution in [0.1, 0.15) is 140 Å². The van der Waals surface area contributed by atoms with Crippen LogP contribution in [-0.2, 0) is 62.3 Å². The van der Waals surface area contributed by atoms with E-state index in [1.807, 2.05) is 27.7 Å². The molecule has 548 valence electrons. The van der Waals surface area contributed by atoms with Crippen molar-refractivity contribution in [2.24, 2.45) is 27.9 Å². The highest BCUT2D eigenvalue weighted by molar-refractivity contribution is 8.77. The number of hydrogen-bond acceptors (Lipinski definition) is 24. The molecule has 12 amide bonds. The van der Waals surface area contributed by atoms with E-state index in [0.717, 1.165) is 44.1 Å². The number of nitrogens with zero attached hydrogens (tertiary/aromatic N) is 3. The van der Waals surface area contributed by atoms with Crippen LogP contribution in [-0.4, -0.2) is 232 Å². The molecule has 3 saturated heterocycles. The van der Waals surface area contributed by atoms with Gasteiger partial charge in [-0.05, 0) is 132 Å². The van der Waals surface area contributed by atoms with Gasteiger partial charge in [-0.15, -0.1) is 0 Å². The Labute approximate surface area is 587 Å². The van der Waals surface area contributed by atoms with Crippen LogP contribution in [0, 0.1) is 21.6 Å². The van der Waals surface area contributed by atoms with Crippen LogP contribution in [0.5, 0.6) is 0 Å². The maximum Gasteiger partial charge on any atom is 0.303 e. The number of carbonyl (C=O) groups is 13. The Morgan fingerprint density at radius 2 is 1.12 bits per heavy atom. The van der Waals surface area contributed by atoms with Crippen molar-refractivity contribution >= 4 is 132 Å². The molecule has 15 N–H and O–H groups in total. The standard InChI is InChI=1S/C60H102N16O16S5/c1-32(2)25-39-52(84)71-41(28-93-11)53(85)72-44-31-97-96-29-42(67-48(79)16-15-47(78)62-21-18-37(19-22-63-59(7,8)35(5)74-91)20-23-64-60(9,10)36(6)75-92)54(86)73-43(55(87)68-38(51(83)69-39)14-17-49(80)81)30-95-94-27-33(3)65-50(82)34(4)66-57(89)45-13-12-24-76(45)58(90)40(26-46(61)77)70-56(44)88/h32-45,63-64H,12-31H2,1-11H3,(H2,61,77)(H,62,78)(H,65,82)(H,66,89)(H,67,79)(H,68,87)(H,69,83)(H,70,88)(H,71,84)(H,72,85)(H,73,86)(H,80,81)/t33-,34+,35?,36?,37?,38+,39+,40+,41+,42+,43+,44+,45+/m1/s1. The Morgan fingerprint density at radius 3 is 1.68 bits per heavy atom. The van der Waals surface area contributed by atoms with Crippen LogP contribution < -0.4 is 69.5 Å². The summed E-state index contributed by atoms with van der Waals surface area (Å²) in [6.45, 7) is 18.8. The Morgan fingerprint density at radius 1 is 0.619 bits per heavy atom. The lowest BCUT2D eigenvalue weighted by Gasteiger charge is -2.31. The number of fused-ring (bicyclic) bond motifs is 9. The van der Waals surface area contributed by atoms with Crippen molar-refractivity contribution in [2.45, 2.75) is 223 Å². The number of amides is 12. The highest BCUT2D eigenvalue weighted by Gasteiger charge is 2.41. The molecule has 2 bridgehead atoms. The van der Waals surface area contributed by atoms with Crippen molar-refractivity contribution in [3.05, 3.63) is 9.81 Å². The number of nitroso groups, excluding NO2 is 2. The first-order chi connectivity index (χ1) is 45.6. The molecule has 2 unspecified atom stereocenters. The van der Waals surface area contributed by atoms with Crippen LogP contribution in [0.2, 0.25) is 0 Å².